The van der Waals surface area contributed by atoms with Crippen molar-refractivity contribution >= 4 is 23.5 Å². The van der Waals surface area contributed by atoms with E-state index >= 15 is 0 Å². The summed E-state index contributed by atoms with van der Waals surface area (Å²) in [5, 5.41) is 12.5. The number of carboxylic acid groups (broad SMARTS) is 1. The minimum atomic E-state index is -0.984. The average molecular weight is 348 g/mol. The van der Waals surface area contributed by atoms with E-state index in [-0.39, 0.29) is 18.7 Å². The number of aliphatic carboxylic acids is 1. The maximum atomic E-state index is 12.2. The van der Waals surface area contributed by atoms with Crippen LogP contribution < -0.4 is 10.1 Å². The van der Waals surface area contributed by atoms with Crippen molar-refractivity contribution < 1.29 is 19.4 Å². The number of nitrogens with one attached hydrogen (secondary N) is 1. The molecule has 2 N–H and O–H groups in total. The predicted octanol–water partition coefficient (Wildman–Crippen LogP) is 3.22. The van der Waals surface area contributed by atoms with Crippen molar-refractivity contribution in [2.45, 2.75) is 18.9 Å². The van der Waals surface area contributed by atoms with Crippen LogP contribution in [0.4, 0.5) is 0 Å². The van der Waals surface area contributed by atoms with E-state index in [4.69, 9.17) is 21.4 Å². The molecule has 0 bridgehead atoms. The molecule has 0 saturated carbocycles. The Kier molecular flexibility index (Phi) is 6.21. The van der Waals surface area contributed by atoms with Gasteiger partial charge in [-0.3, -0.25) is 9.59 Å². The fraction of sp³-hybridized carbons (Fsp3) is 0.222. The Morgan fingerprint density at radius 3 is 2.29 bits per heavy atom. The lowest BCUT2D eigenvalue weighted by molar-refractivity contribution is -0.137. The summed E-state index contributed by atoms with van der Waals surface area (Å²) in [6.07, 6.45) is -0.0396. The zero-order valence-corrected chi connectivity index (χ0v) is 13.9. The minimum absolute atomic E-state index is 0.156. The van der Waals surface area contributed by atoms with Gasteiger partial charge in [0, 0.05) is 5.02 Å². The second kappa shape index (κ2) is 8.36. The lowest BCUT2D eigenvalue weighted by atomic mass is 10.0. The van der Waals surface area contributed by atoms with Gasteiger partial charge in [0.05, 0.1) is 26.0 Å². The molecule has 1 amide bonds. The fourth-order valence-electron chi connectivity index (χ4n) is 2.30. The molecule has 0 heterocycles. The van der Waals surface area contributed by atoms with E-state index in [1.165, 1.54) is 0 Å². The van der Waals surface area contributed by atoms with Crippen LogP contribution in [0.2, 0.25) is 5.02 Å². The van der Waals surface area contributed by atoms with Crippen LogP contribution >= 0.6 is 11.6 Å². The number of methoxy groups -OCH3 is 1. The van der Waals surface area contributed by atoms with E-state index in [1.54, 1.807) is 55.6 Å². The van der Waals surface area contributed by atoms with Gasteiger partial charge in [0.25, 0.3) is 0 Å². The topological polar surface area (TPSA) is 75.6 Å². The maximum absolute atomic E-state index is 12.2. The van der Waals surface area contributed by atoms with Crippen molar-refractivity contribution in [3.8, 4) is 5.75 Å². The molecule has 0 radical (unpaired) electrons. The number of ether oxygens (including phenoxy) is 1. The van der Waals surface area contributed by atoms with Gasteiger partial charge in [0.1, 0.15) is 5.75 Å². The summed E-state index contributed by atoms with van der Waals surface area (Å²) in [5.74, 6) is -0.567. The molecule has 2 aromatic carbocycles. The zero-order valence-electron chi connectivity index (χ0n) is 13.2. The maximum Gasteiger partial charge on any atom is 0.305 e. The highest BCUT2D eigenvalue weighted by atomic mass is 35.5. The Labute approximate surface area is 145 Å². The molecule has 0 aromatic heterocycles. The van der Waals surface area contributed by atoms with E-state index in [1.807, 2.05) is 0 Å². The average Bonchev–Trinajstić information content (AvgIpc) is 2.56. The summed E-state index contributed by atoms with van der Waals surface area (Å²) in [7, 11) is 1.55. The molecule has 0 aliphatic carbocycles. The molecule has 0 fully saturated rings. The van der Waals surface area contributed by atoms with Gasteiger partial charge in [-0.1, -0.05) is 35.9 Å². The zero-order chi connectivity index (χ0) is 17.5. The van der Waals surface area contributed by atoms with Crippen molar-refractivity contribution in [3.05, 3.63) is 64.7 Å². The second-order valence-corrected chi connectivity index (χ2v) is 5.73. The first-order valence-corrected chi connectivity index (χ1v) is 7.75. The van der Waals surface area contributed by atoms with Crippen LogP contribution in [0.3, 0.4) is 0 Å². The number of hydrogen-bond acceptors (Lipinski definition) is 3. The Bertz CT molecular complexity index is 698. The first kappa shape index (κ1) is 17.8. The molecular weight excluding hydrogens is 330 g/mol. The van der Waals surface area contributed by atoms with Crippen LogP contribution in [0.5, 0.6) is 5.75 Å². The highest BCUT2D eigenvalue weighted by Gasteiger charge is 2.18. The van der Waals surface area contributed by atoms with Crippen LogP contribution in [0.1, 0.15) is 23.6 Å². The molecule has 6 heteroatoms. The van der Waals surface area contributed by atoms with E-state index < -0.39 is 12.0 Å². The number of rotatable bonds is 7. The first-order valence-electron chi connectivity index (χ1n) is 7.37. The van der Waals surface area contributed by atoms with Gasteiger partial charge in [0.2, 0.25) is 5.91 Å². The third-order valence-electron chi connectivity index (χ3n) is 3.51. The van der Waals surface area contributed by atoms with Crippen LogP contribution in [0.15, 0.2) is 48.5 Å². The monoisotopic (exact) mass is 347 g/mol. The molecule has 24 heavy (non-hydrogen) atoms. The van der Waals surface area contributed by atoms with E-state index in [0.29, 0.717) is 16.3 Å². The molecule has 0 unspecified atom stereocenters. The smallest absolute Gasteiger partial charge is 0.305 e. The van der Waals surface area contributed by atoms with Crippen LogP contribution in [0, 0.1) is 0 Å². The number of carbonyl (C=O) groups excluding carboxylic acids is 1. The number of hydrogen-bond donors (Lipinski definition) is 2. The van der Waals surface area contributed by atoms with Gasteiger partial charge >= 0.3 is 5.97 Å². The fourth-order valence-corrected chi connectivity index (χ4v) is 2.42. The lowest BCUT2D eigenvalue weighted by Gasteiger charge is -2.18. The minimum Gasteiger partial charge on any atom is -0.497 e. The standard InChI is InChI=1S/C18H18ClNO4/c1-24-15-8-4-13(5-9-15)16(11-18(22)23)20-17(21)10-12-2-6-14(19)7-3-12/h2-9,16H,10-11H2,1H3,(H,20,21)(H,22,23)/t16-/m1/s1. The van der Waals surface area contributed by atoms with Gasteiger partial charge in [-0.25, -0.2) is 0 Å². The lowest BCUT2D eigenvalue weighted by Crippen LogP contribution is -2.31. The second-order valence-electron chi connectivity index (χ2n) is 5.29. The van der Waals surface area contributed by atoms with Gasteiger partial charge in [-0.15, -0.1) is 0 Å². The third-order valence-corrected chi connectivity index (χ3v) is 3.76. The number of halogens is 1. The molecular formula is C18H18ClNO4. The summed E-state index contributed by atoms with van der Waals surface area (Å²) in [4.78, 5) is 23.3. The molecule has 0 saturated heterocycles. The van der Waals surface area contributed by atoms with Crippen molar-refractivity contribution in [1.82, 2.24) is 5.32 Å². The normalized spacial score (nSPS) is 11.6. The number of carbonyl (C=O) groups is 2. The SMILES string of the molecule is COc1ccc([C@@H](CC(=O)O)NC(=O)Cc2ccc(Cl)cc2)cc1. The molecule has 0 aliphatic heterocycles. The predicted molar refractivity (Wildman–Crippen MR) is 91.3 cm³/mol. The first-order chi connectivity index (χ1) is 11.5. The van der Waals surface area contributed by atoms with Crippen molar-refractivity contribution in [2.75, 3.05) is 7.11 Å². The van der Waals surface area contributed by atoms with Crippen LogP contribution in [-0.2, 0) is 16.0 Å². The molecule has 0 spiro atoms. The van der Waals surface area contributed by atoms with Crippen molar-refractivity contribution in [3.63, 3.8) is 0 Å². The van der Waals surface area contributed by atoms with E-state index in [2.05, 4.69) is 5.32 Å². The van der Waals surface area contributed by atoms with E-state index in [9.17, 15) is 9.59 Å². The highest BCUT2D eigenvalue weighted by molar-refractivity contribution is 6.30. The largest absolute Gasteiger partial charge is 0.497 e. The van der Waals surface area contributed by atoms with Crippen molar-refractivity contribution in [1.29, 1.82) is 0 Å². The summed E-state index contributed by atoms with van der Waals surface area (Å²) in [6, 6.07) is 13.3. The van der Waals surface area contributed by atoms with Crippen LogP contribution in [0.25, 0.3) is 0 Å². The van der Waals surface area contributed by atoms with Crippen LogP contribution in [-0.4, -0.2) is 24.1 Å². The van der Waals surface area contributed by atoms with E-state index in [0.717, 1.165) is 5.56 Å². The summed E-state index contributed by atoms with van der Waals surface area (Å²) in [5.41, 5.74) is 1.52. The molecule has 0 aliphatic rings. The highest BCUT2D eigenvalue weighted by Crippen LogP contribution is 2.21. The quantitative estimate of drug-likeness (QED) is 0.806. The van der Waals surface area contributed by atoms with Gasteiger partial charge in [0.15, 0.2) is 0 Å². The Morgan fingerprint density at radius 1 is 1.12 bits per heavy atom. The molecule has 5 nitrogen and oxygen atoms in total. The van der Waals surface area contributed by atoms with Gasteiger partial charge in [-0.05, 0) is 35.4 Å². The molecule has 2 rings (SSSR count). The molecule has 1 atom stereocenters. The third kappa shape index (κ3) is 5.28. The number of carboxylic acids is 1. The Balaban J connectivity index is 2.08. The van der Waals surface area contributed by atoms with Gasteiger partial charge < -0.3 is 15.2 Å². The van der Waals surface area contributed by atoms with Gasteiger partial charge in [-0.2, -0.15) is 0 Å². The number of amides is 1. The van der Waals surface area contributed by atoms with Crippen molar-refractivity contribution in [2.24, 2.45) is 0 Å². The molecule has 126 valence electrons. The summed E-state index contributed by atoms with van der Waals surface area (Å²) < 4.78 is 5.09. The molecule has 2 aromatic rings. The number of benzene rings is 2. The summed E-state index contributed by atoms with van der Waals surface area (Å²) in [6.45, 7) is 0. The Morgan fingerprint density at radius 2 is 1.75 bits per heavy atom. The Hall–Kier alpha value is -2.53. The summed E-state index contributed by atoms with van der Waals surface area (Å²) >= 11 is 5.82.